The van der Waals surface area contributed by atoms with Gasteiger partial charge in [-0.1, -0.05) is 12.1 Å². The first-order valence-electron chi connectivity index (χ1n) is 7.06. The van der Waals surface area contributed by atoms with Crippen molar-refractivity contribution < 1.29 is 26.5 Å². The minimum Gasteiger partial charge on any atom is -0.490 e. The number of hydrogen-bond donors (Lipinski definition) is 0. The zero-order chi connectivity index (χ0) is 16.9. The molecule has 0 saturated carbocycles. The van der Waals surface area contributed by atoms with Crippen LogP contribution in [0.1, 0.15) is 13.8 Å². The number of benzene rings is 2. The Balaban J connectivity index is 2.36. The molecule has 0 aliphatic carbocycles. The summed E-state index contributed by atoms with van der Waals surface area (Å²) in [6.07, 6.45) is 0. The minimum absolute atomic E-state index is 0.146. The van der Waals surface area contributed by atoms with Gasteiger partial charge in [-0.25, -0.2) is 4.39 Å². The van der Waals surface area contributed by atoms with Crippen molar-refractivity contribution in [1.82, 2.24) is 0 Å². The fraction of sp³-hybridized carbons (Fsp3) is 0.250. The van der Waals surface area contributed by atoms with Gasteiger partial charge in [0.15, 0.2) is 23.1 Å². The van der Waals surface area contributed by atoms with Gasteiger partial charge in [0.05, 0.1) is 13.2 Å². The number of para-hydroxylation sites is 1. The van der Waals surface area contributed by atoms with Crippen LogP contribution in [-0.2, 0) is 10.1 Å². The third-order valence-corrected chi connectivity index (χ3v) is 4.07. The summed E-state index contributed by atoms with van der Waals surface area (Å²) in [4.78, 5) is -0.146. The Hall–Kier alpha value is -2.28. The van der Waals surface area contributed by atoms with Crippen LogP contribution in [0, 0.1) is 5.82 Å². The Labute approximate surface area is 134 Å². The number of ether oxygens (including phenoxy) is 2. The molecule has 0 radical (unpaired) electrons. The molecule has 0 amide bonds. The topological polar surface area (TPSA) is 61.8 Å². The first kappa shape index (κ1) is 17.1. The molecule has 0 bridgehead atoms. The van der Waals surface area contributed by atoms with Crippen LogP contribution in [0.4, 0.5) is 4.39 Å². The second-order valence-electron chi connectivity index (χ2n) is 4.44. The highest BCUT2D eigenvalue weighted by molar-refractivity contribution is 7.87. The van der Waals surface area contributed by atoms with Crippen molar-refractivity contribution in [3.05, 3.63) is 48.3 Å². The third-order valence-electron chi connectivity index (χ3n) is 2.84. The lowest BCUT2D eigenvalue weighted by Crippen LogP contribution is -2.11. The van der Waals surface area contributed by atoms with Gasteiger partial charge in [-0.05, 0) is 38.1 Å². The van der Waals surface area contributed by atoms with Crippen molar-refractivity contribution >= 4 is 10.1 Å². The van der Waals surface area contributed by atoms with Crippen LogP contribution in [0.25, 0.3) is 0 Å². The molecule has 2 aromatic carbocycles. The highest BCUT2D eigenvalue weighted by Crippen LogP contribution is 2.31. The summed E-state index contributed by atoms with van der Waals surface area (Å²) < 4.78 is 53.8. The van der Waals surface area contributed by atoms with Crippen LogP contribution in [0.5, 0.6) is 17.2 Å². The smallest absolute Gasteiger partial charge is 0.339 e. The molecule has 0 heterocycles. The van der Waals surface area contributed by atoms with Crippen LogP contribution < -0.4 is 13.7 Å². The average Bonchev–Trinajstić information content (AvgIpc) is 2.51. The lowest BCUT2D eigenvalue weighted by Gasteiger charge is -2.13. The monoisotopic (exact) mass is 340 g/mol. The van der Waals surface area contributed by atoms with E-state index in [0.717, 1.165) is 6.07 Å². The molecular weight excluding hydrogens is 323 g/mol. The van der Waals surface area contributed by atoms with Gasteiger partial charge in [-0.3, -0.25) is 0 Å². The molecule has 0 aromatic heterocycles. The Bertz CT molecular complexity index is 774. The molecule has 2 aromatic rings. The van der Waals surface area contributed by atoms with Crippen LogP contribution in [0.2, 0.25) is 0 Å². The first-order chi connectivity index (χ1) is 11.0. The standard InChI is InChI=1S/C16H17FO5S/c1-3-20-15-10-9-12(11-16(15)21-4-2)23(18,19)22-14-8-6-5-7-13(14)17/h5-11H,3-4H2,1-2H3. The van der Waals surface area contributed by atoms with Crippen LogP contribution in [0.15, 0.2) is 47.4 Å². The quantitative estimate of drug-likeness (QED) is 0.723. The zero-order valence-electron chi connectivity index (χ0n) is 12.8. The fourth-order valence-corrected chi connectivity index (χ4v) is 2.82. The summed E-state index contributed by atoms with van der Waals surface area (Å²) in [7, 11) is -4.18. The average molecular weight is 340 g/mol. The fourth-order valence-electron chi connectivity index (χ4n) is 1.87. The summed E-state index contributed by atoms with van der Waals surface area (Å²) in [5.74, 6) is -0.405. The minimum atomic E-state index is -4.18. The molecule has 0 N–H and O–H groups in total. The zero-order valence-corrected chi connectivity index (χ0v) is 13.6. The van der Waals surface area contributed by atoms with Crippen molar-refractivity contribution in [2.45, 2.75) is 18.7 Å². The molecule has 0 aliphatic rings. The number of halogens is 1. The molecule has 0 spiro atoms. The van der Waals surface area contributed by atoms with Gasteiger partial charge < -0.3 is 13.7 Å². The summed E-state index contributed by atoms with van der Waals surface area (Å²) in [5.41, 5.74) is 0. The largest absolute Gasteiger partial charge is 0.490 e. The lowest BCUT2D eigenvalue weighted by atomic mass is 10.3. The molecule has 0 fully saturated rings. The van der Waals surface area contributed by atoms with E-state index in [4.69, 9.17) is 13.7 Å². The predicted molar refractivity (Wildman–Crippen MR) is 83.0 cm³/mol. The van der Waals surface area contributed by atoms with E-state index in [-0.39, 0.29) is 16.4 Å². The van der Waals surface area contributed by atoms with E-state index in [1.807, 2.05) is 6.92 Å². The molecule has 0 atom stereocenters. The molecule has 7 heteroatoms. The Kier molecular flexibility index (Phi) is 5.44. The Morgan fingerprint density at radius 1 is 0.913 bits per heavy atom. The highest BCUT2D eigenvalue weighted by Gasteiger charge is 2.21. The molecule has 23 heavy (non-hydrogen) atoms. The molecule has 0 aliphatic heterocycles. The Morgan fingerprint density at radius 3 is 2.22 bits per heavy atom. The van der Waals surface area contributed by atoms with Gasteiger partial charge in [0.25, 0.3) is 0 Å². The van der Waals surface area contributed by atoms with Gasteiger partial charge in [-0.2, -0.15) is 8.42 Å². The van der Waals surface area contributed by atoms with Crippen LogP contribution in [-0.4, -0.2) is 21.6 Å². The van der Waals surface area contributed by atoms with E-state index in [0.29, 0.717) is 19.0 Å². The van der Waals surface area contributed by atoms with Crippen LogP contribution >= 0.6 is 0 Å². The van der Waals surface area contributed by atoms with Gasteiger partial charge in [-0.15, -0.1) is 0 Å². The van der Waals surface area contributed by atoms with Gasteiger partial charge in [0.1, 0.15) is 4.90 Å². The number of hydrogen-bond acceptors (Lipinski definition) is 5. The van der Waals surface area contributed by atoms with Gasteiger partial charge >= 0.3 is 10.1 Å². The molecular formula is C16H17FO5S. The third kappa shape index (κ3) is 4.13. The molecule has 124 valence electrons. The van der Waals surface area contributed by atoms with Gasteiger partial charge in [0, 0.05) is 6.07 Å². The molecule has 0 saturated heterocycles. The summed E-state index contributed by atoms with van der Waals surface area (Å²) in [5, 5.41) is 0. The van der Waals surface area contributed by atoms with Crippen LogP contribution in [0.3, 0.4) is 0 Å². The van der Waals surface area contributed by atoms with Crippen molar-refractivity contribution in [2.24, 2.45) is 0 Å². The SMILES string of the molecule is CCOc1ccc(S(=O)(=O)Oc2ccccc2F)cc1OCC. The lowest BCUT2D eigenvalue weighted by molar-refractivity contribution is 0.287. The maximum atomic E-state index is 13.6. The van der Waals surface area contributed by atoms with Crippen molar-refractivity contribution in [2.75, 3.05) is 13.2 Å². The van der Waals surface area contributed by atoms with Gasteiger partial charge in [0.2, 0.25) is 0 Å². The van der Waals surface area contributed by atoms with Crippen molar-refractivity contribution in [3.63, 3.8) is 0 Å². The predicted octanol–water partition coefficient (Wildman–Crippen LogP) is 3.39. The van der Waals surface area contributed by atoms with Crippen molar-refractivity contribution in [1.29, 1.82) is 0 Å². The second kappa shape index (κ2) is 7.32. The first-order valence-corrected chi connectivity index (χ1v) is 8.47. The van der Waals surface area contributed by atoms with E-state index >= 15 is 0 Å². The Morgan fingerprint density at radius 2 is 1.57 bits per heavy atom. The molecule has 0 unspecified atom stereocenters. The summed E-state index contributed by atoms with van der Waals surface area (Å²) >= 11 is 0. The second-order valence-corrected chi connectivity index (χ2v) is 5.99. The van der Waals surface area contributed by atoms with E-state index < -0.39 is 15.9 Å². The normalized spacial score (nSPS) is 11.1. The van der Waals surface area contributed by atoms with E-state index in [1.165, 1.54) is 36.4 Å². The summed E-state index contributed by atoms with van der Waals surface area (Å²) in [6, 6.07) is 9.39. The number of rotatable bonds is 7. The maximum Gasteiger partial charge on any atom is 0.339 e. The van der Waals surface area contributed by atoms with Crippen molar-refractivity contribution in [3.8, 4) is 17.2 Å². The van der Waals surface area contributed by atoms with E-state index in [1.54, 1.807) is 6.92 Å². The highest BCUT2D eigenvalue weighted by atomic mass is 32.2. The molecule has 5 nitrogen and oxygen atoms in total. The summed E-state index contributed by atoms with van der Waals surface area (Å²) in [6.45, 7) is 4.34. The van der Waals surface area contributed by atoms with E-state index in [9.17, 15) is 12.8 Å². The van der Waals surface area contributed by atoms with E-state index in [2.05, 4.69) is 0 Å². The molecule has 2 rings (SSSR count). The maximum absolute atomic E-state index is 13.6.